The Balaban J connectivity index is 1.33. The number of halogens is 1. The molecule has 9 nitrogen and oxygen atoms in total. The number of amides is 1. The number of carbonyl (C=O) groups is 1. The van der Waals surface area contributed by atoms with Crippen LogP contribution in [0.2, 0.25) is 0 Å². The molecule has 39 heavy (non-hydrogen) atoms. The number of hydrogen-bond acceptors (Lipinski definition) is 7. The summed E-state index contributed by atoms with van der Waals surface area (Å²) in [7, 11) is 5.94. The molecule has 1 amide bonds. The van der Waals surface area contributed by atoms with Crippen molar-refractivity contribution < 1.29 is 13.9 Å². The molecule has 0 atom stereocenters. The van der Waals surface area contributed by atoms with Crippen molar-refractivity contribution in [3.8, 4) is 22.9 Å². The van der Waals surface area contributed by atoms with Gasteiger partial charge in [0.05, 0.1) is 11.1 Å². The number of H-pyrrole nitrogens is 1. The molecule has 2 N–H and O–H groups in total. The number of hydrogen-bond donors (Lipinski definition) is 2. The third-order valence-corrected chi connectivity index (χ3v) is 6.59. The van der Waals surface area contributed by atoms with Gasteiger partial charge in [0, 0.05) is 56.2 Å². The normalized spacial score (nSPS) is 14.4. The first-order chi connectivity index (χ1) is 18.9. The molecule has 0 saturated carbocycles. The highest BCUT2D eigenvalue weighted by molar-refractivity contribution is 5.99. The van der Waals surface area contributed by atoms with Gasteiger partial charge in [-0.05, 0) is 57.0 Å². The number of benzene rings is 2. The molecule has 1 saturated heterocycles. The molecular weight excluding hydrogens is 497 g/mol. The predicted octanol–water partition coefficient (Wildman–Crippen LogP) is 4.36. The second-order valence-corrected chi connectivity index (χ2v) is 9.86. The highest BCUT2D eigenvalue weighted by Crippen LogP contribution is 2.32. The molecule has 2 aromatic heterocycles. The van der Waals surface area contributed by atoms with Crippen LogP contribution in [-0.4, -0.2) is 84.5 Å². The number of ether oxygens (including phenoxy) is 1. The third kappa shape index (κ3) is 6.42. The minimum atomic E-state index is -0.562. The second kappa shape index (κ2) is 11.6. The first kappa shape index (κ1) is 26.3. The van der Waals surface area contributed by atoms with Gasteiger partial charge in [-0.15, -0.1) is 0 Å². The number of aromatic amines is 1. The fourth-order valence-electron chi connectivity index (χ4n) is 4.39. The highest BCUT2D eigenvalue weighted by atomic mass is 19.1. The maximum atomic E-state index is 14.4. The van der Waals surface area contributed by atoms with E-state index < -0.39 is 11.7 Å². The highest BCUT2D eigenvalue weighted by Gasteiger charge is 2.16. The molecule has 4 aromatic rings. The summed E-state index contributed by atoms with van der Waals surface area (Å²) in [6.45, 7) is 4.74. The molecule has 0 unspecified atom stereocenters. The Kier molecular flexibility index (Phi) is 7.85. The molecule has 3 heterocycles. The molecule has 2 aromatic carbocycles. The Morgan fingerprint density at radius 2 is 1.87 bits per heavy atom. The molecule has 0 radical (unpaired) electrons. The SMILES string of the molecule is CN(C)CC=CC(=O)Nc1cc(Oc2ncnc3[nH]c(-c4ccc(N5CCN(C)CC5)cc4)cc23)ccc1F. The summed E-state index contributed by atoms with van der Waals surface area (Å²) in [6.07, 6.45) is 4.49. The molecule has 0 bridgehead atoms. The first-order valence-electron chi connectivity index (χ1n) is 12.8. The Morgan fingerprint density at radius 1 is 1.10 bits per heavy atom. The van der Waals surface area contributed by atoms with Gasteiger partial charge in [-0.25, -0.2) is 14.4 Å². The van der Waals surface area contributed by atoms with E-state index in [1.807, 2.05) is 25.1 Å². The second-order valence-electron chi connectivity index (χ2n) is 9.86. The number of carbonyl (C=O) groups excluding carboxylic acids is 1. The number of piperazine rings is 1. The van der Waals surface area contributed by atoms with E-state index >= 15 is 0 Å². The Bertz CT molecular complexity index is 1480. The fourth-order valence-corrected chi connectivity index (χ4v) is 4.39. The average molecular weight is 530 g/mol. The van der Waals surface area contributed by atoms with E-state index in [2.05, 4.69) is 61.4 Å². The smallest absolute Gasteiger partial charge is 0.248 e. The van der Waals surface area contributed by atoms with Crippen molar-refractivity contribution >= 4 is 28.3 Å². The third-order valence-electron chi connectivity index (χ3n) is 6.59. The topological polar surface area (TPSA) is 89.6 Å². The van der Waals surface area contributed by atoms with Crippen molar-refractivity contribution in [1.29, 1.82) is 0 Å². The lowest BCUT2D eigenvalue weighted by Gasteiger charge is -2.34. The minimum absolute atomic E-state index is 0.0208. The lowest BCUT2D eigenvalue weighted by Crippen LogP contribution is -2.44. The van der Waals surface area contributed by atoms with Crippen molar-refractivity contribution in [3.05, 3.63) is 72.8 Å². The van der Waals surface area contributed by atoms with E-state index in [0.29, 0.717) is 29.2 Å². The number of fused-ring (bicyclic) bond motifs is 1. The summed E-state index contributed by atoms with van der Waals surface area (Å²) < 4.78 is 20.4. The lowest BCUT2D eigenvalue weighted by atomic mass is 10.1. The first-order valence-corrected chi connectivity index (χ1v) is 12.8. The molecule has 0 spiro atoms. The molecule has 10 heteroatoms. The van der Waals surface area contributed by atoms with Gasteiger partial charge in [0.1, 0.15) is 23.5 Å². The van der Waals surface area contributed by atoms with Gasteiger partial charge in [-0.3, -0.25) is 4.79 Å². The maximum absolute atomic E-state index is 14.4. The van der Waals surface area contributed by atoms with Gasteiger partial charge in [-0.1, -0.05) is 18.2 Å². The number of nitrogens with zero attached hydrogens (tertiary/aromatic N) is 5. The quantitative estimate of drug-likeness (QED) is 0.328. The van der Waals surface area contributed by atoms with E-state index in [4.69, 9.17) is 4.74 Å². The number of rotatable bonds is 8. The van der Waals surface area contributed by atoms with Crippen molar-refractivity contribution in [3.63, 3.8) is 0 Å². The van der Waals surface area contributed by atoms with Crippen molar-refractivity contribution in [2.75, 3.05) is 64.1 Å². The van der Waals surface area contributed by atoms with Gasteiger partial charge in [0.25, 0.3) is 0 Å². The Hall–Kier alpha value is -4.28. The van der Waals surface area contributed by atoms with E-state index in [-0.39, 0.29) is 5.69 Å². The van der Waals surface area contributed by atoms with Gasteiger partial charge < -0.3 is 29.7 Å². The summed E-state index contributed by atoms with van der Waals surface area (Å²) in [6, 6.07) is 14.6. The van der Waals surface area contributed by atoms with Crippen molar-refractivity contribution in [1.82, 2.24) is 24.8 Å². The van der Waals surface area contributed by atoms with Crippen LogP contribution in [-0.2, 0) is 4.79 Å². The lowest BCUT2D eigenvalue weighted by molar-refractivity contribution is -0.111. The van der Waals surface area contributed by atoms with E-state index in [1.165, 1.54) is 36.3 Å². The van der Waals surface area contributed by atoms with Crippen LogP contribution in [0.15, 0.2) is 67.0 Å². The molecule has 1 fully saturated rings. The van der Waals surface area contributed by atoms with Gasteiger partial charge in [0.15, 0.2) is 0 Å². The average Bonchev–Trinajstić information content (AvgIpc) is 3.36. The Morgan fingerprint density at radius 3 is 2.62 bits per heavy atom. The predicted molar refractivity (Wildman–Crippen MR) is 152 cm³/mol. The van der Waals surface area contributed by atoms with Gasteiger partial charge in [-0.2, -0.15) is 0 Å². The maximum Gasteiger partial charge on any atom is 0.248 e. The van der Waals surface area contributed by atoms with Crippen molar-refractivity contribution in [2.45, 2.75) is 0 Å². The van der Waals surface area contributed by atoms with Crippen LogP contribution >= 0.6 is 0 Å². The number of nitrogens with one attached hydrogen (secondary N) is 2. The fraction of sp³-hybridized carbons (Fsp3) is 0.276. The van der Waals surface area contributed by atoms with Crippen LogP contribution in [0.5, 0.6) is 11.6 Å². The van der Waals surface area contributed by atoms with Crippen LogP contribution < -0.4 is 15.0 Å². The van der Waals surface area contributed by atoms with Crippen LogP contribution in [0.3, 0.4) is 0 Å². The molecule has 1 aliphatic heterocycles. The van der Waals surface area contributed by atoms with Crippen LogP contribution in [0, 0.1) is 5.82 Å². The Labute approximate surface area is 226 Å². The number of likely N-dealkylation sites (N-methyl/N-ethyl adjacent to an activating group) is 2. The number of aromatic nitrogens is 3. The van der Waals surface area contributed by atoms with Crippen LogP contribution in [0.4, 0.5) is 15.8 Å². The van der Waals surface area contributed by atoms with E-state index in [1.54, 1.807) is 6.08 Å². The van der Waals surface area contributed by atoms with Crippen LogP contribution in [0.1, 0.15) is 0 Å². The summed E-state index contributed by atoms with van der Waals surface area (Å²) in [4.78, 5) is 30.8. The monoisotopic (exact) mass is 529 g/mol. The molecular formula is C29H32FN7O2. The zero-order chi connectivity index (χ0) is 27.4. The summed E-state index contributed by atoms with van der Waals surface area (Å²) in [5.74, 6) is -0.325. The molecule has 1 aliphatic rings. The number of anilines is 2. The van der Waals surface area contributed by atoms with Gasteiger partial charge in [0.2, 0.25) is 11.8 Å². The zero-order valence-corrected chi connectivity index (χ0v) is 22.3. The molecule has 5 rings (SSSR count). The zero-order valence-electron chi connectivity index (χ0n) is 22.3. The molecule has 202 valence electrons. The van der Waals surface area contributed by atoms with Crippen molar-refractivity contribution in [2.24, 2.45) is 0 Å². The van der Waals surface area contributed by atoms with Crippen LogP contribution in [0.25, 0.3) is 22.3 Å². The van der Waals surface area contributed by atoms with Gasteiger partial charge >= 0.3 is 0 Å². The molecule has 0 aliphatic carbocycles. The largest absolute Gasteiger partial charge is 0.438 e. The summed E-state index contributed by atoms with van der Waals surface area (Å²) in [5.41, 5.74) is 3.76. The summed E-state index contributed by atoms with van der Waals surface area (Å²) in [5, 5.41) is 3.25. The van der Waals surface area contributed by atoms with E-state index in [9.17, 15) is 9.18 Å². The summed E-state index contributed by atoms with van der Waals surface area (Å²) >= 11 is 0. The minimum Gasteiger partial charge on any atom is -0.438 e. The van der Waals surface area contributed by atoms with E-state index in [0.717, 1.165) is 37.4 Å². The standard InChI is InChI=1S/C29H32FN7O2/c1-35(2)12-4-5-27(38)33-26-17-22(10-11-24(26)30)39-29-23-18-25(34-28(23)31-19-32-29)20-6-8-21(9-7-20)37-15-13-36(3)14-16-37/h4-11,17-19H,12-16H2,1-3H3,(H,33,38)(H,31,32,34).